The van der Waals surface area contributed by atoms with Crippen molar-refractivity contribution < 1.29 is 27.2 Å². The molecule has 0 fully saturated rings. The summed E-state index contributed by atoms with van der Waals surface area (Å²) < 4.78 is 48.2. The van der Waals surface area contributed by atoms with E-state index in [-0.39, 0.29) is 26.4 Å². The lowest BCUT2D eigenvalue weighted by molar-refractivity contribution is 0.190. The van der Waals surface area contributed by atoms with Crippen molar-refractivity contribution >= 4 is 15.2 Å². The van der Waals surface area contributed by atoms with E-state index in [0.717, 1.165) is 5.56 Å². The molecular formula is C16H29NO6P2. The topological polar surface area (TPSA) is 83.1 Å². The van der Waals surface area contributed by atoms with Gasteiger partial charge >= 0.3 is 15.2 Å². The summed E-state index contributed by atoms with van der Waals surface area (Å²) >= 11 is 0. The minimum Gasteiger partial charge on any atom is -0.307 e. The van der Waals surface area contributed by atoms with Crippen LogP contribution in [0.3, 0.4) is 0 Å². The Bertz CT molecular complexity index is 533. The Kier molecular flexibility index (Phi) is 10.1. The van der Waals surface area contributed by atoms with Crippen molar-refractivity contribution in [2.45, 2.75) is 39.8 Å². The monoisotopic (exact) mass is 393 g/mol. The Morgan fingerprint density at radius 1 is 0.800 bits per heavy atom. The molecule has 0 aliphatic carbocycles. The van der Waals surface area contributed by atoms with Crippen LogP contribution in [0.15, 0.2) is 30.3 Å². The Morgan fingerprint density at radius 3 is 1.56 bits per heavy atom. The van der Waals surface area contributed by atoms with Crippen LogP contribution in [0, 0.1) is 0 Å². The normalized spacial score (nSPS) is 12.7. The third-order valence-electron chi connectivity index (χ3n) is 3.17. The number of hydrogen-bond donors (Lipinski definition) is 1. The number of hydrogen-bond acceptors (Lipinski definition) is 7. The summed E-state index contributed by atoms with van der Waals surface area (Å²) in [7, 11) is -7.54. The molecular weight excluding hydrogens is 364 g/mol. The summed E-state index contributed by atoms with van der Waals surface area (Å²) in [6.45, 7) is 7.73. The molecule has 144 valence electrons. The minimum atomic E-state index is -3.77. The largest absolute Gasteiger partial charge is 0.359 e. The molecule has 25 heavy (non-hydrogen) atoms. The summed E-state index contributed by atoms with van der Waals surface area (Å²) in [4.78, 5) is 0. The van der Waals surface area contributed by atoms with Crippen molar-refractivity contribution in [2.24, 2.45) is 0 Å². The maximum Gasteiger partial charge on any atom is 0.359 e. The van der Waals surface area contributed by atoms with Crippen LogP contribution < -0.4 is 5.32 Å². The molecule has 0 amide bonds. The molecule has 0 heterocycles. The molecule has 0 bridgehead atoms. The molecule has 0 unspecified atom stereocenters. The summed E-state index contributed by atoms with van der Waals surface area (Å²) in [5.41, 5.74) is -0.272. The third kappa shape index (κ3) is 6.61. The second-order valence-corrected chi connectivity index (χ2v) is 9.62. The zero-order valence-electron chi connectivity index (χ0n) is 15.3. The van der Waals surface area contributed by atoms with Gasteiger partial charge in [0.25, 0.3) is 0 Å². The molecule has 0 aliphatic rings. The van der Waals surface area contributed by atoms with Gasteiger partial charge in [-0.25, -0.2) is 0 Å². The Labute approximate surface area is 150 Å². The lowest BCUT2D eigenvalue weighted by Gasteiger charge is -2.31. The third-order valence-corrected chi connectivity index (χ3v) is 8.90. The molecule has 0 aliphatic heterocycles. The maximum absolute atomic E-state index is 13.3. The van der Waals surface area contributed by atoms with E-state index in [1.807, 2.05) is 30.3 Å². The molecule has 0 atom stereocenters. The van der Waals surface area contributed by atoms with Crippen molar-refractivity contribution in [2.75, 3.05) is 26.4 Å². The number of nitrogens with one attached hydrogen (secondary N) is 1. The van der Waals surface area contributed by atoms with Gasteiger partial charge in [0.1, 0.15) is 0 Å². The van der Waals surface area contributed by atoms with Gasteiger partial charge in [-0.2, -0.15) is 0 Å². The Hall–Kier alpha value is -0.520. The zero-order valence-corrected chi connectivity index (χ0v) is 17.1. The minimum absolute atomic E-state index is 0.152. The van der Waals surface area contributed by atoms with Gasteiger partial charge in [0.2, 0.25) is 5.52 Å². The van der Waals surface area contributed by atoms with E-state index >= 15 is 0 Å². The highest BCUT2D eigenvalue weighted by atomic mass is 31.2. The molecule has 9 heteroatoms. The fraction of sp³-hybridized carbons (Fsp3) is 0.625. The fourth-order valence-corrected chi connectivity index (χ4v) is 7.25. The van der Waals surface area contributed by atoms with Gasteiger partial charge in [0.15, 0.2) is 0 Å². The second kappa shape index (κ2) is 11.2. The van der Waals surface area contributed by atoms with E-state index in [4.69, 9.17) is 18.1 Å². The Balaban J connectivity index is 3.18. The van der Waals surface area contributed by atoms with Crippen molar-refractivity contribution in [1.29, 1.82) is 0 Å². The number of rotatable bonds is 13. The van der Waals surface area contributed by atoms with Crippen LogP contribution in [-0.2, 0) is 33.8 Å². The standard InChI is InChI=1S/C16H29NO6P2/c1-5-20-24(18,21-6-2)16(25(19,22-7-3)23-8-4)17-14-15-12-10-9-11-13-15/h9-13,16-17H,5-8,14H2,1-4H3. The van der Waals surface area contributed by atoms with Crippen molar-refractivity contribution in [3.05, 3.63) is 35.9 Å². The molecule has 1 N–H and O–H groups in total. The summed E-state index contributed by atoms with van der Waals surface area (Å²) in [6.07, 6.45) is 0. The van der Waals surface area contributed by atoms with E-state index in [0.29, 0.717) is 6.54 Å². The van der Waals surface area contributed by atoms with Gasteiger partial charge in [-0.1, -0.05) is 30.3 Å². The fourth-order valence-electron chi connectivity index (χ4n) is 2.28. The predicted molar refractivity (Wildman–Crippen MR) is 98.8 cm³/mol. The van der Waals surface area contributed by atoms with Crippen LogP contribution in [0.5, 0.6) is 0 Å². The van der Waals surface area contributed by atoms with E-state index in [1.165, 1.54) is 0 Å². The first-order valence-corrected chi connectivity index (χ1v) is 11.7. The van der Waals surface area contributed by atoms with E-state index in [9.17, 15) is 9.13 Å². The lowest BCUT2D eigenvalue weighted by Crippen LogP contribution is -2.32. The molecule has 1 aromatic rings. The molecule has 0 radical (unpaired) electrons. The van der Waals surface area contributed by atoms with Gasteiger partial charge in [-0.3, -0.25) is 14.4 Å². The van der Waals surface area contributed by atoms with E-state index < -0.39 is 20.7 Å². The number of benzene rings is 1. The SMILES string of the molecule is CCOP(=O)(OCC)C(NCc1ccccc1)P(=O)(OCC)OCC. The van der Waals surface area contributed by atoms with E-state index in [1.54, 1.807) is 27.7 Å². The summed E-state index contributed by atoms with van der Waals surface area (Å²) in [5, 5.41) is 3.03. The van der Waals surface area contributed by atoms with E-state index in [2.05, 4.69) is 5.32 Å². The van der Waals surface area contributed by atoms with Crippen molar-refractivity contribution in [3.8, 4) is 0 Å². The van der Waals surface area contributed by atoms with Crippen LogP contribution in [0.2, 0.25) is 0 Å². The van der Waals surface area contributed by atoms with Crippen LogP contribution in [0.1, 0.15) is 33.3 Å². The molecule has 7 nitrogen and oxygen atoms in total. The van der Waals surface area contributed by atoms with Crippen molar-refractivity contribution in [3.63, 3.8) is 0 Å². The van der Waals surface area contributed by atoms with Crippen LogP contribution in [-0.4, -0.2) is 32.0 Å². The first-order valence-electron chi connectivity index (χ1n) is 8.50. The average Bonchev–Trinajstić information content (AvgIpc) is 2.56. The highest BCUT2D eigenvalue weighted by Crippen LogP contribution is 2.69. The molecule has 0 aromatic heterocycles. The van der Waals surface area contributed by atoms with Gasteiger partial charge < -0.3 is 18.1 Å². The molecule has 1 aromatic carbocycles. The lowest BCUT2D eigenvalue weighted by atomic mass is 10.2. The van der Waals surface area contributed by atoms with Gasteiger partial charge in [-0.15, -0.1) is 0 Å². The maximum atomic E-state index is 13.3. The highest BCUT2D eigenvalue weighted by Gasteiger charge is 2.50. The highest BCUT2D eigenvalue weighted by molar-refractivity contribution is 7.72. The van der Waals surface area contributed by atoms with Crippen LogP contribution >= 0.6 is 15.2 Å². The summed E-state index contributed by atoms with van der Waals surface area (Å²) in [6, 6.07) is 9.49. The van der Waals surface area contributed by atoms with Crippen molar-refractivity contribution in [1.82, 2.24) is 5.32 Å². The van der Waals surface area contributed by atoms with Crippen LogP contribution in [0.4, 0.5) is 0 Å². The first kappa shape index (κ1) is 22.5. The van der Waals surface area contributed by atoms with Gasteiger partial charge in [0.05, 0.1) is 26.4 Å². The van der Waals surface area contributed by atoms with Gasteiger partial charge in [-0.05, 0) is 33.3 Å². The average molecular weight is 393 g/mol. The smallest absolute Gasteiger partial charge is 0.307 e. The summed E-state index contributed by atoms with van der Waals surface area (Å²) in [5.74, 6) is 0. The first-order chi connectivity index (χ1) is 12.0. The Morgan fingerprint density at radius 2 is 1.20 bits per heavy atom. The van der Waals surface area contributed by atoms with Gasteiger partial charge in [0, 0.05) is 6.54 Å². The quantitative estimate of drug-likeness (QED) is 0.491. The molecule has 0 saturated carbocycles. The second-order valence-electron chi connectivity index (χ2n) is 4.99. The predicted octanol–water partition coefficient (Wildman–Crippen LogP) is 4.59. The molecule has 1 rings (SSSR count). The molecule has 0 spiro atoms. The van der Waals surface area contributed by atoms with Crippen LogP contribution in [0.25, 0.3) is 0 Å². The molecule has 0 saturated heterocycles. The zero-order chi connectivity index (χ0) is 18.8.